The summed E-state index contributed by atoms with van der Waals surface area (Å²) in [6, 6.07) is 4.58. The summed E-state index contributed by atoms with van der Waals surface area (Å²) in [4.78, 5) is 28.3. The van der Waals surface area contributed by atoms with Crippen molar-refractivity contribution in [1.82, 2.24) is 9.97 Å². The Bertz CT molecular complexity index is 774. The lowest BCUT2D eigenvalue weighted by Crippen LogP contribution is -2.16. The predicted octanol–water partition coefficient (Wildman–Crippen LogP) is 2.00. The van der Waals surface area contributed by atoms with Gasteiger partial charge in [0.2, 0.25) is 0 Å². The molecule has 0 amide bonds. The lowest BCUT2D eigenvalue weighted by molar-refractivity contribution is -0.402. The number of furan rings is 1. The molecule has 0 radical (unpaired) electrons. The second-order valence-electron chi connectivity index (χ2n) is 3.94. The molecule has 0 unspecified atom stereocenters. The topological polar surface area (TPSA) is 126 Å². The van der Waals surface area contributed by atoms with E-state index in [1.807, 2.05) is 6.07 Å². The van der Waals surface area contributed by atoms with Crippen LogP contribution in [0.1, 0.15) is 23.9 Å². The third-order valence-electron chi connectivity index (χ3n) is 2.60. The molecule has 2 aromatic rings. The van der Waals surface area contributed by atoms with Crippen LogP contribution in [0.5, 0.6) is 0 Å². The number of hydrogen-bond donors (Lipinski definition) is 1. The van der Waals surface area contributed by atoms with Gasteiger partial charge in [0.05, 0.1) is 17.5 Å². The van der Waals surface area contributed by atoms with Crippen molar-refractivity contribution in [3.8, 4) is 6.07 Å². The van der Waals surface area contributed by atoms with Gasteiger partial charge in [0, 0.05) is 0 Å². The maximum absolute atomic E-state index is 11.7. The fraction of sp³-hybridized carbons (Fsp3) is 0.250. The molecule has 0 atom stereocenters. The van der Waals surface area contributed by atoms with E-state index in [1.165, 1.54) is 23.9 Å². The summed E-state index contributed by atoms with van der Waals surface area (Å²) in [5.74, 6) is 0.351. The monoisotopic (exact) mass is 306 g/mol. The molecule has 8 nitrogen and oxygen atoms in total. The number of nitrogens with one attached hydrogen (secondary N) is 1. The number of aromatic nitrogens is 2. The molecular weight excluding hydrogens is 296 g/mol. The smallest absolute Gasteiger partial charge is 0.405 e. The molecule has 0 bridgehead atoms. The van der Waals surface area contributed by atoms with E-state index in [2.05, 4.69) is 9.97 Å². The third kappa shape index (κ3) is 3.29. The van der Waals surface area contributed by atoms with Crippen molar-refractivity contribution in [1.29, 1.82) is 5.26 Å². The Morgan fingerprint density at radius 1 is 1.57 bits per heavy atom. The SMILES string of the molecule is CCc1nc(SCc2ccc([N+](=O)[O-])o2)[nH]c(=O)c1C#N. The van der Waals surface area contributed by atoms with Crippen LogP contribution in [-0.4, -0.2) is 14.9 Å². The van der Waals surface area contributed by atoms with E-state index in [9.17, 15) is 14.9 Å². The molecule has 2 heterocycles. The van der Waals surface area contributed by atoms with Crippen LogP contribution < -0.4 is 5.56 Å². The van der Waals surface area contributed by atoms with E-state index in [0.717, 1.165) is 0 Å². The van der Waals surface area contributed by atoms with Crippen LogP contribution in [0.4, 0.5) is 5.88 Å². The molecule has 2 rings (SSSR count). The molecule has 2 aromatic heterocycles. The number of H-pyrrole nitrogens is 1. The molecule has 0 saturated heterocycles. The number of nitrogens with zero attached hydrogens (tertiary/aromatic N) is 3. The van der Waals surface area contributed by atoms with Gasteiger partial charge in [0.1, 0.15) is 22.3 Å². The van der Waals surface area contributed by atoms with E-state index in [1.54, 1.807) is 6.92 Å². The molecule has 0 saturated carbocycles. The van der Waals surface area contributed by atoms with Gasteiger partial charge in [-0.2, -0.15) is 5.26 Å². The van der Waals surface area contributed by atoms with Gasteiger partial charge in [0.15, 0.2) is 5.16 Å². The lowest BCUT2D eigenvalue weighted by atomic mass is 10.2. The van der Waals surface area contributed by atoms with Crippen LogP contribution in [0.3, 0.4) is 0 Å². The summed E-state index contributed by atoms with van der Waals surface area (Å²) in [7, 11) is 0. The molecule has 0 aliphatic heterocycles. The van der Waals surface area contributed by atoms with Crippen molar-refractivity contribution in [2.75, 3.05) is 0 Å². The van der Waals surface area contributed by atoms with E-state index in [4.69, 9.17) is 9.68 Å². The Morgan fingerprint density at radius 3 is 2.90 bits per heavy atom. The van der Waals surface area contributed by atoms with Crippen LogP contribution in [0.2, 0.25) is 0 Å². The number of aryl methyl sites for hydroxylation is 1. The highest BCUT2D eigenvalue weighted by Gasteiger charge is 2.14. The maximum Gasteiger partial charge on any atom is 0.433 e. The Kier molecular flexibility index (Phi) is 4.39. The van der Waals surface area contributed by atoms with Crippen molar-refractivity contribution in [3.05, 3.63) is 49.6 Å². The van der Waals surface area contributed by atoms with E-state index in [0.29, 0.717) is 23.0 Å². The summed E-state index contributed by atoms with van der Waals surface area (Å²) >= 11 is 1.17. The first-order valence-corrected chi connectivity index (χ1v) is 6.93. The number of thioether (sulfide) groups is 1. The second kappa shape index (κ2) is 6.23. The highest BCUT2D eigenvalue weighted by molar-refractivity contribution is 7.98. The van der Waals surface area contributed by atoms with E-state index >= 15 is 0 Å². The fourth-order valence-corrected chi connectivity index (χ4v) is 2.39. The number of nitro groups is 1. The maximum atomic E-state index is 11.7. The number of aromatic amines is 1. The average molecular weight is 306 g/mol. The molecule has 0 aliphatic carbocycles. The summed E-state index contributed by atoms with van der Waals surface area (Å²) in [6.07, 6.45) is 0.465. The van der Waals surface area contributed by atoms with Gasteiger partial charge in [-0.15, -0.1) is 0 Å². The van der Waals surface area contributed by atoms with Crippen LogP contribution in [-0.2, 0) is 12.2 Å². The van der Waals surface area contributed by atoms with Gasteiger partial charge in [-0.05, 0) is 12.5 Å². The zero-order chi connectivity index (χ0) is 15.4. The Labute approximate surface area is 123 Å². The summed E-state index contributed by atoms with van der Waals surface area (Å²) in [5.41, 5.74) is -0.0538. The molecule has 0 aliphatic rings. The van der Waals surface area contributed by atoms with Crippen molar-refractivity contribution in [2.45, 2.75) is 24.3 Å². The van der Waals surface area contributed by atoms with Crippen LogP contribution in [0.15, 0.2) is 26.5 Å². The van der Waals surface area contributed by atoms with Crippen molar-refractivity contribution >= 4 is 17.6 Å². The summed E-state index contributed by atoms with van der Waals surface area (Å²) in [5, 5.41) is 19.7. The average Bonchev–Trinajstić information content (AvgIpc) is 2.93. The fourth-order valence-electron chi connectivity index (χ4n) is 1.62. The zero-order valence-electron chi connectivity index (χ0n) is 11.0. The quantitative estimate of drug-likeness (QED) is 0.387. The number of nitriles is 1. The lowest BCUT2D eigenvalue weighted by Gasteiger charge is -2.03. The minimum absolute atomic E-state index is 0.00971. The van der Waals surface area contributed by atoms with Gasteiger partial charge in [-0.25, -0.2) is 4.98 Å². The standard InChI is InChI=1S/C12H10N4O4S/c1-2-9-8(5-13)11(17)15-12(14-9)21-6-7-3-4-10(20-7)16(18)19/h3-4H,2,6H2,1H3,(H,14,15,17). The predicted molar refractivity (Wildman–Crippen MR) is 73.9 cm³/mol. The highest BCUT2D eigenvalue weighted by atomic mass is 32.2. The second-order valence-corrected chi connectivity index (χ2v) is 4.91. The number of hydrogen-bond acceptors (Lipinski definition) is 7. The van der Waals surface area contributed by atoms with Gasteiger partial charge >= 0.3 is 5.88 Å². The van der Waals surface area contributed by atoms with Gasteiger partial charge in [-0.3, -0.25) is 14.9 Å². The molecule has 0 spiro atoms. The normalized spacial score (nSPS) is 10.3. The number of rotatable bonds is 5. The first kappa shape index (κ1) is 14.8. The van der Waals surface area contributed by atoms with Crippen LogP contribution in [0, 0.1) is 21.4 Å². The zero-order valence-corrected chi connectivity index (χ0v) is 11.8. The minimum Gasteiger partial charge on any atom is -0.405 e. The molecule has 108 valence electrons. The minimum atomic E-state index is -0.620. The van der Waals surface area contributed by atoms with Crippen molar-refractivity contribution in [3.63, 3.8) is 0 Å². The van der Waals surface area contributed by atoms with E-state index in [-0.39, 0.29) is 17.2 Å². The molecule has 1 N–H and O–H groups in total. The van der Waals surface area contributed by atoms with Crippen molar-refractivity contribution < 1.29 is 9.34 Å². The van der Waals surface area contributed by atoms with Crippen LogP contribution >= 0.6 is 11.8 Å². The van der Waals surface area contributed by atoms with Gasteiger partial charge < -0.3 is 9.40 Å². The molecule has 9 heteroatoms. The Balaban J connectivity index is 2.16. The summed E-state index contributed by atoms with van der Waals surface area (Å²) < 4.78 is 5.01. The Hall–Kier alpha value is -2.60. The van der Waals surface area contributed by atoms with Crippen molar-refractivity contribution in [2.24, 2.45) is 0 Å². The van der Waals surface area contributed by atoms with Crippen LogP contribution in [0.25, 0.3) is 0 Å². The largest absolute Gasteiger partial charge is 0.433 e. The molecule has 0 fully saturated rings. The molecule has 21 heavy (non-hydrogen) atoms. The first-order chi connectivity index (χ1) is 10.0. The first-order valence-electron chi connectivity index (χ1n) is 5.94. The Morgan fingerprint density at radius 2 is 2.33 bits per heavy atom. The van der Waals surface area contributed by atoms with E-state index < -0.39 is 10.5 Å². The van der Waals surface area contributed by atoms with Gasteiger partial charge in [0.25, 0.3) is 5.56 Å². The summed E-state index contributed by atoms with van der Waals surface area (Å²) in [6.45, 7) is 1.80. The molecular formula is C12H10N4O4S. The van der Waals surface area contributed by atoms with Gasteiger partial charge in [-0.1, -0.05) is 18.7 Å². The molecule has 0 aromatic carbocycles. The highest BCUT2D eigenvalue weighted by Crippen LogP contribution is 2.23. The third-order valence-corrected chi connectivity index (χ3v) is 3.49.